The number of hydrogen-bond donors (Lipinski definition) is 0. The zero-order chi connectivity index (χ0) is 21.4. The van der Waals surface area contributed by atoms with E-state index in [2.05, 4.69) is 0 Å². The first kappa shape index (κ1) is 20.4. The number of aldehydes is 1. The average Bonchev–Trinajstić information content (AvgIpc) is 2.74. The topological polar surface area (TPSA) is 66.8 Å². The van der Waals surface area contributed by atoms with Gasteiger partial charge in [-0.05, 0) is 55.1 Å². The molecule has 156 valence electrons. The second-order valence-corrected chi connectivity index (χ2v) is 7.85. The highest BCUT2D eigenvalue weighted by molar-refractivity contribution is 6.31. The van der Waals surface area contributed by atoms with Crippen LogP contribution >= 0.6 is 11.6 Å². The molecule has 1 aliphatic heterocycles. The van der Waals surface area contributed by atoms with Gasteiger partial charge in [0.15, 0.2) is 23.9 Å². The maximum Gasteiger partial charge on any atom is 0.258 e. The predicted molar refractivity (Wildman–Crippen MR) is 116 cm³/mol. The Balaban J connectivity index is 2.08. The number of halogens is 1. The van der Waals surface area contributed by atoms with Crippen molar-refractivity contribution < 1.29 is 19.0 Å². The standard InChI is InChI=1S/C23H22ClNO5/c1-13(2)30-20(12-26)22-21(14-4-7-18-19(10-14)29-9-8-28-18)17-11-15(24)5-6-16(17)23(27)25(22)3/h4-7,10-13,20H,8-9H2,1-3H3. The van der Waals surface area contributed by atoms with Crippen LogP contribution in [0.4, 0.5) is 0 Å². The molecule has 4 rings (SSSR count). The van der Waals surface area contributed by atoms with Crippen LogP contribution in [0.3, 0.4) is 0 Å². The largest absolute Gasteiger partial charge is 0.486 e. The summed E-state index contributed by atoms with van der Waals surface area (Å²) in [5, 5.41) is 1.65. The monoisotopic (exact) mass is 427 g/mol. The number of aromatic nitrogens is 1. The fourth-order valence-corrected chi connectivity index (χ4v) is 3.97. The fraction of sp³-hybridized carbons (Fsp3) is 0.304. The molecule has 1 aromatic heterocycles. The molecule has 2 heterocycles. The van der Waals surface area contributed by atoms with E-state index in [4.69, 9.17) is 25.8 Å². The van der Waals surface area contributed by atoms with Crippen LogP contribution in [0.15, 0.2) is 41.2 Å². The van der Waals surface area contributed by atoms with Crippen LogP contribution in [0.2, 0.25) is 5.02 Å². The van der Waals surface area contributed by atoms with E-state index in [1.54, 1.807) is 25.2 Å². The third-order valence-corrected chi connectivity index (χ3v) is 5.28. The average molecular weight is 428 g/mol. The molecule has 1 aliphatic rings. The van der Waals surface area contributed by atoms with Gasteiger partial charge in [-0.2, -0.15) is 0 Å². The summed E-state index contributed by atoms with van der Waals surface area (Å²) in [4.78, 5) is 25.1. The zero-order valence-corrected chi connectivity index (χ0v) is 17.7. The number of hydrogen-bond acceptors (Lipinski definition) is 5. The molecule has 0 saturated heterocycles. The van der Waals surface area contributed by atoms with Gasteiger partial charge < -0.3 is 23.6 Å². The normalized spacial score (nSPS) is 14.2. The first-order chi connectivity index (χ1) is 14.4. The number of benzene rings is 2. The quantitative estimate of drug-likeness (QED) is 0.568. The van der Waals surface area contributed by atoms with E-state index < -0.39 is 6.10 Å². The number of rotatable bonds is 5. The molecule has 0 fully saturated rings. The molecule has 7 heteroatoms. The molecule has 3 aromatic rings. The van der Waals surface area contributed by atoms with Gasteiger partial charge in [0.1, 0.15) is 13.2 Å². The number of carbonyl (C=O) groups is 1. The van der Waals surface area contributed by atoms with E-state index in [1.165, 1.54) is 4.57 Å². The number of ether oxygens (including phenoxy) is 3. The maximum absolute atomic E-state index is 13.1. The fourth-order valence-electron chi connectivity index (χ4n) is 3.80. The lowest BCUT2D eigenvalue weighted by Gasteiger charge is -2.24. The molecular weight excluding hydrogens is 406 g/mol. The number of carbonyl (C=O) groups excluding carboxylic acids is 1. The van der Waals surface area contributed by atoms with Gasteiger partial charge >= 0.3 is 0 Å². The van der Waals surface area contributed by atoms with Crippen LogP contribution in [-0.2, 0) is 16.6 Å². The molecule has 0 amide bonds. The molecule has 0 N–H and O–H groups in total. The summed E-state index contributed by atoms with van der Waals surface area (Å²) in [5.74, 6) is 1.27. The molecule has 30 heavy (non-hydrogen) atoms. The van der Waals surface area contributed by atoms with Crippen LogP contribution in [0.5, 0.6) is 11.5 Å². The van der Waals surface area contributed by atoms with Crippen molar-refractivity contribution >= 4 is 28.7 Å². The van der Waals surface area contributed by atoms with Crippen molar-refractivity contribution in [2.24, 2.45) is 7.05 Å². The number of nitrogens with zero attached hydrogens (tertiary/aromatic N) is 1. The maximum atomic E-state index is 13.1. The summed E-state index contributed by atoms with van der Waals surface area (Å²) in [6, 6.07) is 10.7. The van der Waals surface area contributed by atoms with Gasteiger partial charge in [0.2, 0.25) is 0 Å². The Labute approximate surface area is 178 Å². The van der Waals surface area contributed by atoms with E-state index >= 15 is 0 Å². The minimum absolute atomic E-state index is 0.210. The summed E-state index contributed by atoms with van der Waals surface area (Å²) in [6.45, 7) is 4.63. The van der Waals surface area contributed by atoms with Crippen molar-refractivity contribution in [2.45, 2.75) is 26.1 Å². The van der Waals surface area contributed by atoms with Crippen molar-refractivity contribution in [1.29, 1.82) is 0 Å². The van der Waals surface area contributed by atoms with Crippen molar-refractivity contribution in [3.63, 3.8) is 0 Å². The molecule has 1 atom stereocenters. The van der Waals surface area contributed by atoms with E-state index in [9.17, 15) is 9.59 Å². The Morgan fingerprint density at radius 2 is 1.80 bits per heavy atom. The van der Waals surface area contributed by atoms with Gasteiger partial charge in [0, 0.05) is 23.0 Å². The summed E-state index contributed by atoms with van der Waals surface area (Å²) < 4.78 is 18.7. The van der Waals surface area contributed by atoms with Crippen LogP contribution in [0.1, 0.15) is 25.6 Å². The molecule has 6 nitrogen and oxygen atoms in total. The minimum atomic E-state index is -0.922. The van der Waals surface area contributed by atoms with E-state index in [-0.39, 0.29) is 11.7 Å². The zero-order valence-electron chi connectivity index (χ0n) is 17.0. The van der Waals surface area contributed by atoms with Crippen molar-refractivity contribution in [3.8, 4) is 22.6 Å². The van der Waals surface area contributed by atoms with Crippen LogP contribution in [0.25, 0.3) is 21.9 Å². The Morgan fingerprint density at radius 3 is 2.50 bits per heavy atom. The highest BCUT2D eigenvalue weighted by Gasteiger charge is 2.26. The summed E-state index contributed by atoms with van der Waals surface area (Å²) in [5.41, 5.74) is 1.72. The van der Waals surface area contributed by atoms with E-state index in [0.29, 0.717) is 58.1 Å². The lowest BCUT2D eigenvalue weighted by molar-refractivity contribution is -0.121. The van der Waals surface area contributed by atoms with Crippen molar-refractivity contribution in [1.82, 2.24) is 4.57 Å². The first-order valence-corrected chi connectivity index (χ1v) is 10.1. The SMILES string of the molecule is CC(C)OC(C=O)c1c(-c2ccc3c(c2)OCCO3)c2cc(Cl)ccc2c(=O)n1C. The molecular formula is C23H22ClNO5. The van der Waals surface area contributed by atoms with Gasteiger partial charge in [-0.1, -0.05) is 17.7 Å². The third-order valence-electron chi connectivity index (χ3n) is 5.05. The number of fused-ring (bicyclic) bond motifs is 2. The molecule has 0 bridgehead atoms. The van der Waals surface area contributed by atoms with Gasteiger partial charge in [-0.3, -0.25) is 4.79 Å². The van der Waals surface area contributed by atoms with Gasteiger partial charge in [-0.25, -0.2) is 0 Å². The molecule has 1 unspecified atom stereocenters. The summed E-state index contributed by atoms with van der Waals surface area (Å²) in [7, 11) is 1.65. The van der Waals surface area contributed by atoms with E-state index in [0.717, 1.165) is 5.56 Å². The first-order valence-electron chi connectivity index (χ1n) is 9.73. The Morgan fingerprint density at radius 1 is 1.07 bits per heavy atom. The van der Waals surface area contributed by atoms with Gasteiger partial charge in [0.05, 0.1) is 11.8 Å². The highest BCUT2D eigenvalue weighted by atomic mass is 35.5. The smallest absolute Gasteiger partial charge is 0.258 e. The molecule has 0 saturated carbocycles. The number of pyridine rings is 1. The lowest BCUT2D eigenvalue weighted by Crippen LogP contribution is -2.26. The highest BCUT2D eigenvalue weighted by Crippen LogP contribution is 2.40. The second-order valence-electron chi connectivity index (χ2n) is 7.41. The van der Waals surface area contributed by atoms with Crippen LogP contribution in [0, 0.1) is 0 Å². The van der Waals surface area contributed by atoms with E-state index in [1.807, 2.05) is 32.0 Å². The predicted octanol–water partition coefficient (Wildman–Crippen LogP) is 4.30. The molecule has 2 aromatic carbocycles. The van der Waals surface area contributed by atoms with Crippen LogP contribution in [-0.4, -0.2) is 30.2 Å². The Hall–Kier alpha value is -2.83. The summed E-state index contributed by atoms with van der Waals surface area (Å²) in [6.07, 6.45) is -0.417. The van der Waals surface area contributed by atoms with Crippen LogP contribution < -0.4 is 15.0 Å². The minimum Gasteiger partial charge on any atom is -0.486 e. The van der Waals surface area contributed by atoms with Gasteiger partial charge in [0.25, 0.3) is 5.56 Å². The van der Waals surface area contributed by atoms with Gasteiger partial charge in [-0.15, -0.1) is 0 Å². The van der Waals surface area contributed by atoms with Crippen molar-refractivity contribution in [3.05, 3.63) is 57.5 Å². The van der Waals surface area contributed by atoms with Crippen molar-refractivity contribution in [2.75, 3.05) is 13.2 Å². The lowest BCUT2D eigenvalue weighted by atomic mass is 9.94. The molecule has 0 spiro atoms. The molecule has 0 aliphatic carbocycles. The Kier molecular flexibility index (Phi) is 5.54. The Bertz CT molecular complexity index is 1180. The molecule has 0 radical (unpaired) electrons. The third kappa shape index (κ3) is 3.57. The second kappa shape index (κ2) is 8.13. The summed E-state index contributed by atoms with van der Waals surface area (Å²) >= 11 is 6.28.